The number of amides is 2. The summed E-state index contributed by atoms with van der Waals surface area (Å²) in [4.78, 5) is 39.3. The molecule has 0 saturated carbocycles. The lowest BCUT2D eigenvalue weighted by Crippen LogP contribution is -2.54. The number of esters is 1. The Morgan fingerprint density at radius 2 is 1.88 bits per heavy atom. The Labute approximate surface area is 145 Å². The molecule has 6 nitrogen and oxygen atoms in total. The van der Waals surface area contributed by atoms with Gasteiger partial charge < -0.3 is 4.74 Å². The van der Waals surface area contributed by atoms with Gasteiger partial charge in [-0.3, -0.25) is 24.6 Å². The van der Waals surface area contributed by atoms with Crippen LogP contribution in [0.2, 0.25) is 0 Å². The quantitative estimate of drug-likeness (QED) is 0.658. The number of nitrogens with one attached hydrogen (secondary N) is 1. The second-order valence-corrected chi connectivity index (χ2v) is 6.52. The van der Waals surface area contributed by atoms with Gasteiger partial charge in [0.05, 0.1) is 18.4 Å². The Morgan fingerprint density at radius 1 is 1.24 bits per heavy atom. The zero-order valence-corrected chi connectivity index (χ0v) is 14.4. The lowest BCUT2D eigenvalue weighted by Gasteiger charge is -2.28. The largest absolute Gasteiger partial charge is 0.465 e. The molecule has 1 aromatic rings. The van der Waals surface area contributed by atoms with Crippen LogP contribution in [0, 0.1) is 17.7 Å². The molecule has 4 atom stereocenters. The minimum atomic E-state index is -1.31. The molecule has 7 heteroatoms. The Hall–Kier alpha value is -2.28. The highest BCUT2D eigenvalue weighted by atomic mass is 19.1. The number of nitrogens with zero attached hydrogens (tertiary/aromatic N) is 1. The van der Waals surface area contributed by atoms with E-state index >= 15 is 0 Å². The first-order valence-corrected chi connectivity index (χ1v) is 8.40. The summed E-state index contributed by atoms with van der Waals surface area (Å²) in [6.45, 7) is 5.43. The maximum atomic E-state index is 13.3. The van der Waals surface area contributed by atoms with Crippen LogP contribution < -0.4 is 5.32 Å². The number of rotatable bonds is 4. The number of carbonyl (C=O) groups is 3. The summed E-state index contributed by atoms with van der Waals surface area (Å²) >= 11 is 0. The fourth-order valence-corrected chi connectivity index (χ4v) is 3.94. The number of halogens is 1. The van der Waals surface area contributed by atoms with Gasteiger partial charge in [-0.1, -0.05) is 12.1 Å². The lowest BCUT2D eigenvalue weighted by molar-refractivity contribution is -0.155. The smallest absolute Gasteiger partial charge is 0.326 e. The van der Waals surface area contributed by atoms with Crippen molar-refractivity contribution in [3.8, 4) is 0 Å². The van der Waals surface area contributed by atoms with E-state index in [0.717, 1.165) is 0 Å². The van der Waals surface area contributed by atoms with Crippen LogP contribution >= 0.6 is 0 Å². The fraction of sp³-hybridized carbons (Fsp3) is 0.500. The Morgan fingerprint density at radius 3 is 2.44 bits per heavy atom. The van der Waals surface area contributed by atoms with Gasteiger partial charge in [0.25, 0.3) is 0 Å². The predicted octanol–water partition coefficient (Wildman–Crippen LogP) is 1.41. The standard InChI is InChI=1S/C18H21FN2O4/c1-4-21-15(22)12-13(16(21)23)18(3,17(24)25-5-2)20-14(12)10-6-8-11(19)9-7-10/h6-9,12-14,20H,4-5H2,1-3H3/t12-,13+,14-,18+/m0/s1. The zero-order valence-electron chi connectivity index (χ0n) is 14.4. The molecule has 134 valence electrons. The van der Waals surface area contributed by atoms with Crippen LogP contribution in [0.3, 0.4) is 0 Å². The highest BCUT2D eigenvalue weighted by Crippen LogP contribution is 2.48. The maximum Gasteiger partial charge on any atom is 0.326 e. The van der Waals surface area contributed by atoms with E-state index in [-0.39, 0.29) is 25.0 Å². The molecule has 1 aromatic carbocycles. The van der Waals surface area contributed by atoms with Crippen LogP contribution in [0.5, 0.6) is 0 Å². The molecule has 0 spiro atoms. The topological polar surface area (TPSA) is 75.7 Å². The van der Waals surface area contributed by atoms with Crippen molar-refractivity contribution in [2.45, 2.75) is 32.4 Å². The van der Waals surface area contributed by atoms with Crippen molar-refractivity contribution in [2.75, 3.05) is 13.2 Å². The molecular formula is C18H21FN2O4. The molecule has 0 aromatic heterocycles. The molecule has 0 bridgehead atoms. The molecule has 0 aliphatic carbocycles. The van der Waals surface area contributed by atoms with Crippen LogP contribution in [-0.2, 0) is 19.1 Å². The lowest BCUT2D eigenvalue weighted by atomic mass is 9.80. The van der Waals surface area contributed by atoms with Crippen molar-refractivity contribution in [2.24, 2.45) is 11.8 Å². The third kappa shape index (κ3) is 2.54. The maximum absolute atomic E-state index is 13.3. The van der Waals surface area contributed by atoms with Crippen molar-refractivity contribution in [1.82, 2.24) is 10.2 Å². The summed E-state index contributed by atoms with van der Waals surface area (Å²) in [5, 5.41) is 3.13. The van der Waals surface area contributed by atoms with E-state index in [2.05, 4.69) is 5.32 Å². The molecular weight excluding hydrogens is 327 g/mol. The highest BCUT2D eigenvalue weighted by Gasteiger charge is 2.66. The molecule has 2 saturated heterocycles. The van der Waals surface area contributed by atoms with Gasteiger partial charge in [0.1, 0.15) is 11.4 Å². The van der Waals surface area contributed by atoms with Crippen LogP contribution in [-0.4, -0.2) is 41.4 Å². The molecule has 2 heterocycles. The van der Waals surface area contributed by atoms with Gasteiger partial charge in [-0.05, 0) is 38.5 Å². The Kier molecular flexibility index (Phi) is 4.36. The molecule has 0 radical (unpaired) electrons. The van der Waals surface area contributed by atoms with Gasteiger partial charge in [0, 0.05) is 12.6 Å². The van der Waals surface area contributed by atoms with Gasteiger partial charge in [0.2, 0.25) is 11.8 Å². The minimum absolute atomic E-state index is 0.175. The fourth-order valence-electron chi connectivity index (χ4n) is 3.94. The van der Waals surface area contributed by atoms with Crippen LogP contribution in [0.1, 0.15) is 32.4 Å². The second kappa shape index (κ2) is 6.22. The van der Waals surface area contributed by atoms with Crippen LogP contribution in [0.25, 0.3) is 0 Å². The number of fused-ring (bicyclic) bond motifs is 1. The van der Waals surface area contributed by atoms with E-state index in [4.69, 9.17) is 4.74 Å². The van der Waals surface area contributed by atoms with Gasteiger partial charge in [-0.15, -0.1) is 0 Å². The van der Waals surface area contributed by atoms with Crippen molar-refractivity contribution in [3.05, 3.63) is 35.6 Å². The zero-order chi connectivity index (χ0) is 18.4. The number of hydrogen-bond acceptors (Lipinski definition) is 5. The molecule has 0 unspecified atom stereocenters. The number of imide groups is 1. The molecule has 25 heavy (non-hydrogen) atoms. The normalized spacial score (nSPS) is 31.4. The molecule has 3 rings (SSSR count). The van der Waals surface area contributed by atoms with Crippen LogP contribution in [0.15, 0.2) is 24.3 Å². The molecule has 2 aliphatic heterocycles. The van der Waals surface area contributed by atoms with Crippen molar-refractivity contribution >= 4 is 17.8 Å². The van der Waals surface area contributed by atoms with E-state index < -0.39 is 35.2 Å². The number of ether oxygens (including phenoxy) is 1. The molecule has 2 aliphatic rings. The van der Waals surface area contributed by atoms with Crippen molar-refractivity contribution in [3.63, 3.8) is 0 Å². The summed E-state index contributed by atoms with van der Waals surface area (Å²) in [6, 6.07) is 5.16. The average molecular weight is 348 g/mol. The Balaban J connectivity index is 2.07. The summed E-state index contributed by atoms with van der Waals surface area (Å²) in [5.74, 6) is -3.19. The van der Waals surface area contributed by atoms with E-state index in [1.807, 2.05) is 0 Å². The van der Waals surface area contributed by atoms with E-state index in [9.17, 15) is 18.8 Å². The van der Waals surface area contributed by atoms with Gasteiger partial charge in [0.15, 0.2) is 0 Å². The first-order chi connectivity index (χ1) is 11.8. The van der Waals surface area contributed by atoms with E-state index in [1.165, 1.54) is 17.0 Å². The SMILES string of the molecule is CCOC(=O)[C@]1(C)N[C@@H](c2ccc(F)cc2)[C@H]2C(=O)N(CC)C(=O)[C@@H]21. The number of hydrogen-bond donors (Lipinski definition) is 1. The van der Waals surface area contributed by atoms with Gasteiger partial charge >= 0.3 is 5.97 Å². The third-order valence-electron chi connectivity index (χ3n) is 5.12. The molecule has 2 amide bonds. The third-order valence-corrected chi connectivity index (χ3v) is 5.12. The first-order valence-electron chi connectivity index (χ1n) is 8.40. The van der Waals surface area contributed by atoms with Gasteiger partial charge in [-0.2, -0.15) is 0 Å². The summed E-state index contributed by atoms with van der Waals surface area (Å²) < 4.78 is 18.4. The van der Waals surface area contributed by atoms with Gasteiger partial charge in [-0.25, -0.2) is 4.39 Å². The van der Waals surface area contributed by atoms with Crippen molar-refractivity contribution in [1.29, 1.82) is 0 Å². The number of carbonyl (C=O) groups excluding carboxylic acids is 3. The first kappa shape index (κ1) is 17.5. The summed E-state index contributed by atoms with van der Waals surface area (Å²) in [7, 11) is 0. The summed E-state index contributed by atoms with van der Waals surface area (Å²) in [5.41, 5.74) is -0.653. The van der Waals surface area contributed by atoms with E-state index in [1.54, 1.807) is 32.9 Å². The van der Waals surface area contributed by atoms with E-state index in [0.29, 0.717) is 5.56 Å². The highest BCUT2D eigenvalue weighted by molar-refractivity contribution is 6.09. The predicted molar refractivity (Wildman–Crippen MR) is 86.7 cm³/mol. The number of likely N-dealkylation sites (tertiary alicyclic amines) is 1. The molecule has 2 fully saturated rings. The minimum Gasteiger partial charge on any atom is -0.465 e. The monoisotopic (exact) mass is 348 g/mol. The summed E-state index contributed by atoms with van der Waals surface area (Å²) in [6.07, 6.45) is 0. The number of benzene rings is 1. The second-order valence-electron chi connectivity index (χ2n) is 6.52. The Bertz CT molecular complexity index is 720. The molecule has 1 N–H and O–H groups in total. The van der Waals surface area contributed by atoms with Crippen LogP contribution in [0.4, 0.5) is 4.39 Å². The van der Waals surface area contributed by atoms with Crippen molar-refractivity contribution < 1.29 is 23.5 Å². The average Bonchev–Trinajstić information content (AvgIpc) is 3.03.